The molecule has 2 rings (SSSR count). The zero-order valence-electron chi connectivity index (χ0n) is 8.94. The van der Waals surface area contributed by atoms with E-state index >= 15 is 0 Å². The molecule has 6 heteroatoms. The molecular weight excluding hydrogens is 206 g/mol. The Hall–Kier alpha value is -2.13. The molecule has 2 heterocycles. The van der Waals surface area contributed by atoms with Crippen LogP contribution in [-0.2, 0) is 0 Å². The number of H-pyrrole nitrogens is 1. The number of hydrogen-bond donors (Lipinski definition) is 3. The average Bonchev–Trinajstić information content (AvgIpc) is 2.62. The van der Waals surface area contributed by atoms with Crippen molar-refractivity contribution in [3.8, 4) is 11.8 Å². The lowest BCUT2D eigenvalue weighted by molar-refractivity contribution is 0.143. The maximum Gasteiger partial charge on any atom is 0.209 e. The summed E-state index contributed by atoms with van der Waals surface area (Å²) in [5.41, 5.74) is 5.65. The van der Waals surface area contributed by atoms with Crippen LogP contribution in [0.3, 0.4) is 0 Å². The molecule has 82 valence electrons. The third-order valence-electron chi connectivity index (χ3n) is 1.79. The van der Waals surface area contributed by atoms with Crippen LogP contribution in [0.25, 0.3) is 11.2 Å². The Morgan fingerprint density at radius 3 is 2.88 bits per heavy atom. The lowest BCUT2D eigenvalue weighted by atomic mass is 10.1. The van der Waals surface area contributed by atoms with E-state index in [0.717, 1.165) is 0 Å². The van der Waals surface area contributed by atoms with E-state index in [2.05, 4.69) is 31.8 Å². The summed E-state index contributed by atoms with van der Waals surface area (Å²) in [5.74, 6) is 5.80. The van der Waals surface area contributed by atoms with Crippen LogP contribution in [0.4, 0.5) is 5.82 Å². The van der Waals surface area contributed by atoms with Gasteiger partial charge in [-0.1, -0.05) is 5.92 Å². The van der Waals surface area contributed by atoms with E-state index in [1.54, 1.807) is 13.8 Å². The third kappa shape index (κ3) is 2.10. The number of hydrogen-bond acceptors (Lipinski definition) is 5. The molecule has 0 saturated carbocycles. The molecule has 0 spiro atoms. The minimum atomic E-state index is -1.08. The predicted octanol–water partition coefficient (Wildman–Crippen LogP) is 0.0575. The van der Waals surface area contributed by atoms with E-state index in [-0.39, 0.29) is 11.6 Å². The number of aromatic amines is 1. The highest BCUT2D eigenvalue weighted by molar-refractivity contribution is 5.81. The summed E-state index contributed by atoms with van der Waals surface area (Å²) in [4.78, 5) is 14.9. The first-order valence-corrected chi connectivity index (χ1v) is 4.68. The SMILES string of the molecule is CC(C)(O)C#Cc1nc(N)c2nc[nH]c2n1. The number of aliphatic hydroxyl groups is 1. The van der Waals surface area contributed by atoms with Crippen molar-refractivity contribution in [1.82, 2.24) is 19.9 Å². The zero-order valence-corrected chi connectivity index (χ0v) is 8.94. The number of anilines is 1. The maximum absolute atomic E-state index is 9.44. The van der Waals surface area contributed by atoms with Gasteiger partial charge in [0.2, 0.25) is 5.82 Å². The first-order valence-electron chi connectivity index (χ1n) is 4.68. The summed E-state index contributed by atoms with van der Waals surface area (Å²) in [6.07, 6.45) is 1.49. The van der Waals surface area contributed by atoms with Gasteiger partial charge in [-0.3, -0.25) is 0 Å². The molecule has 0 aromatic carbocycles. The molecule has 0 atom stereocenters. The van der Waals surface area contributed by atoms with Gasteiger partial charge in [0.15, 0.2) is 11.5 Å². The Balaban J connectivity index is 2.49. The van der Waals surface area contributed by atoms with E-state index < -0.39 is 5.60 Å². The molecule has 0 aliphatic carbocycles. The second-order valence-electron chi connectivity index (χ2n) is 3.84. The molecule has 16 heavy (non-hydrogen) atoms. The summed E-state index contributed by atoms with van der Waals surface area (Å²) in [6.45, 7) is 3.16. The van der Waals surface area contributed by atoms with E-state index in [1.807, 2.05) is 0 Å². The fraction of sp³-hybridized carbons (Fsp3) is 0.300. The molecule has 4 N–H and O–H groups in total. The third-order valence-corrected chi connectivity index (χ3v) is 1.79. The number of rotatable bonds is 0. The van der Waals surface area contributed by atoms with E-state index in [1.165, 1.54) is 6.33 Å². The van der Waals surface area contributed by atoms with Crippen molar-refractivity contribution in [3.63, 3.8) is 0 Å². The van der Waals surface area contributed by atoms with Crippen molar-refractivity contribution in [2.75, 3.05) is 5.73 Å². The van der Waals surface area contributed by atoms with Crippen LogP contribution >= 0.6 is 0 Å². The van der Waals surface area contributed by atoms with Gasteiger partial charge >= 0.3 is 0 Å². The molecule has 0 amide bonds. The lowest BCUT2D eigenvalue weighted by Crippen LogP contribution is -2.14. The largest absolute Gasteiger partial charge is 0.382 e. The molecule has 0 radical (unpaired) electrons. The van der Waals surface area contributed by atoms with Gasteiger partial charge in [-0.15, -0.1) is 0 Å². The number of nitrogens with one attached hydrogen (secondary N) is 1. The van der Waals surface area contributed by atoms with E-state index in [0.29, 0.717) is 11.2 Å². The van der Waals surface area contributed by atoms with Crippen LogP contribution in [-0.4, -0.2) is 30.6 Å². The smallest absolute Gasteiger partial charge is 0.209 e. The molecule has 0 unspecified atom stereocenters. The summed E-state index contributed by atoms with van der Waals surface area (Å²) in [7, 11) is 0. The van der Waals surface area contributed by atoms with Crippen molar-refractivity contribution >= 4 is 17.0 Å². The monoisotopic (exact) mass is 217 g/mol. The molecular formula is C10H11N5O. The molecule has 0 fully saturated rings. The fourth-order valence-corrected chi connectivity index (χ4v) is 1.12. The fourth-order valence-electron chi connectivity index (χ4n) is 1.12. The Morgan fingerprint density at radius 2 is 2.19 bits per heavy atom. The number of nitrogens with two attached hydrogens (primary N) is 1. The average molecular weight is 217 g/mol. The minimum absolute atomic E-state index is 0.261. The normalized spacial score (nSPS) is 11.2. The summed E-state index contributed by atoms with van der Waals surface area (Å²) in [6, 6.07) is 0. The molecule has 0 aliphatic rings. The van der Waals surface area contributed by atoms with Crippen molar-refractivity contribution in [1.29, 1.82) is 0 Å². The lowest BCUT2D eigenvalue weighted by Gasteiger charge is -2.05. The standard InChI is InChI=1S/C10H11N5O/c1-10(2,16)4-3-6-14-8(11)7-9(15-6)13-5-12-7/h5,16H,1-2H3,(H3,11,12,13,14,15). The molecule has 6 nitrogen and oxygen atoms in total. The van der Waals surface area contributed by atoms with Crippen LogP contribution in [0.2, 0.25) is 0 Å². The van der Waals surface area contributed by atoms with Crippen LogP contribution in [0.5, 0.6) is 0 Å². The van der Waals surface area contributed by atoms with Gasteiger partial charge in [0, 0.05) is 0 Å². The van der Waals surface area contributed by atoms with Gasteiger partial charge in [0.1, 0.15) is 11.1 Å². The van der Waals surface area contributed by atoms with Gasteiger partial charge in [0.25, 0.3) is 0 Å². The minimum Gasteiger partial charge on any atom is -0.382 e. The molecule has 2 aromatic heterocycles. The van der Waals surface area contributed by atoms with E-state index in [9.17, 15) is 5.11 Å². The number of nitrogen functional groups attached to an aromatic ring is 1. The topological polar surface area (TPSA) is 101 Å². The highest BCUT2D eigenvalue weighted by Gasteiger charge is 2.08. The Morgan fingerprint density at radius 1 is 1.44 bits per heavy atom. The van der Waals surface area contributed by atoms with Crippen molar-refractivity contribution in [2.45, 2.75) is 19.4 Å². The first-order chi connectivity index (χ1) is 7.46. The predicted molar refractivity (Wildman–Crippen MR) is 59.3 cm³/mol. The Labute approximate surface area is 91.9 Å². The van der Waals surface area contributed by atoms with Crippen molar-refractivity contribution in [3.05, 3.63) is 12.2 Å². The van der Waals surface area contributed by atoms with Gasteiger partial charge in [0.05, 0.1) is 6.33 Å². The number of nitrogens with zero attached hydrogens (tertiary/aromatic N) is 3. The number of aromatic nitrogens is 4. The summed E-state index contributed by atoms with van der Waals surface area (Å²) >= 11 is 0. The number of imidazole rings is 1. The quantitative estimate of drug-likeness (QED) is 0.541. The number of fused-ring (bicyclic) bond motifs is 1. The van der Waals surface area contributed by atoms with Gasteiger partial charge < -0.3 is 15.8 Å². The van der Waals surface area contributed by atoms with Gasteiger partial charge in [-0.25, -0.2) is 15.0 Å². The molecule has 0 bridgehead atoms. The second-order valence-corrected chi connectivity index (χ2v) is 3.84. The Kier molecular flexibility index (Phi) is 2.25. The summed E-state index contributed by atoms with van der Waals surface area (Å²) in [5, 5.41) is 9.44. The van der Waals surface area contributed by atoms with Crippen molar-refractivity contribution < 1.29 is 5.11 Å². The molecule has 0 aliphatic heterocycles. The summed E-state index contributed by atoms with van der Waals surface area (Å²) < 4.78 is 0. The first kappa shape index (κ1) is 10.4. The van der Waals surface area contributed by atoms with Crippen LogP contribution in [0.1, 0.15) is 19.7 Å². The highest BCUT2D eigenvalue weighted by Crippen LogP contribution is 2.12. The Bertz CT molecular complexity index is 585. The maximum atomic E-state index is 9.44. The van der Waals surface area contributed by atoms with Crippen LogP contribution < -0.4 is 5.73 Å². The van der Waals surface area contributed by atoms with Gasteiger partial charge in [-0.05, 0) is 19.8 Å². The molecule has 2 aromatic rings. The van der Waals surface area contributed by atoms with Crippen LogP contribution in [0, 0.1) is 11.8 Å². The van der Waals surface area contributed by atoms with Crippen LogP contribution in [0.15, 0.2) is 6.33 Å². The van der Waals surface area contributed by atoms with E-state index in [4.69, 9.17) is 5.73 Å². The van der Waals surface area contributed by atoms with Gasteiger partial charge in [-0.2, -0.15) is 0 Å². The van der Waals surface area contributed by atoms with Crippen molar-refractivity contribution in [2.24, 2.45) is 0 Å². The second kappa shape index (κ2) is 3.47. The zero-order chi connectivity index (χ0) is 11.8. The molecule has 0 saturated heterocycles. The highest BCUT2D eigenvalue weighted by atomic mass is 16.3.